The molecule has 0 spiro atoms. The molecule has 1 N–H and O–H groups in total. The van der Waals surface area contributed by atoms with Crippen LogP contribution in [0.4, 0.5) is 0 Å². The summed E-state index contributed by atoms with van der Waals surface area (Å²) in [4.78, 5) is 2.29. The molecule has 1 rings (SSSR count). The number of aliphatic hydroxyl groups excluding tert-OH is 1. The lowest BCUT2D eigenvalue weighted by Gasteiger charge is -2.32. The number of piperidine rings is 1. The molecule has 0 amide bonds. The van der Waals surface area contributed by atoms with Gasteiger partial charge in [-0.1, -0.05) is 18.2 Å². The third kappa shape index (κ3) is 3.67. The predicted molar refractivity (Wildman–Crippen MR) is 55.8 cm³/mol. The van der Waals surface area contributed by atoms with Crippen LogP contribution in [-0.2, 0) is 0 Å². The minimum Gasteiger partial charge on any atom is -0.393 e. The maximum Gasteiger partial charge on any atom is 0.0541 e. The van der Waals surface area contributed by atoms with Gasteiger partial charge in [-0.25, -0.2) is 0 Å². The highest BCUT2D eigenvalue weighted by Crippen LogP contribution is 2.21. The molecule has 1 heterocycles. The smallest absolute Gasteiger partial charge is 0.0541 e. The number of hydrogen-bond acceptors (Lipinski definition) is 2. The van der Waals surface area contributed by atoms with E-state index >= 15 is 0 Å². The quantitative estimate of drug-likeness (QED) is 0.757. The van der Waals surface area contributed by atoms with E-state index in [9.17, 15) is 5.11 Å². The molecular weight excluding hydrogens is 186 g/mol. The van der Waals surface area contributed by atoms with E-state index in [1.54, 1.807) is 0 Å². The Labute approximate surface area is 85.2 Å². The fourth-order valence-electron chi connectivity index (χ4n) is 1.84. The molecule has 0 radical (unpaired) electrons. The van der Waals surface area contributed by atoms with Crippen molar-refractivity contribution in [2.24, 2.45) is 5.92 Å². The van der Waals surface area contributed by atoms with Crippen LogP contribution in [0.3, 0.4) is 0 Å². The van der Waals surface area contributed by atoms with Crippen LogP contribution in [-0.4, -0.2) is 35.7 Å². The first kappa shape index (κ1) is 11.0. The van der Waals surface area contributed by atoms with E-state index in [1.165, 1.54) is 0 Å². The first-order valence-corrected chi connectivity index (χ1v) is 5.21. The zero-order valence-electron chi connectivity index (χ0n) is 8.17. The van der Waals surface area contributed by atoms with Gasteiger partial charge in [0.2, 0.25) is 0 Å². The summed E-state index contributed by atoms with van der Waals surface area (Å²) < 4.78 is 0. The second-order valence-corrected chi connectivity index (χ2v) is 4.41. The van der Waals surface area contributed by atoms with Crippen LogP contribution in [0.2, 0.25) is 0 Å². The molecule has 76 valence electrons. The summed E-state index contributed by atoms with van der Waals surface area (Å²) in [5, 5.41) is 10.1. The Kier molecular flexibility index (Phi) is 4.23. The van der Waals surface area contributed by atoms with Gasteiger partial charge in [0.25, 0.3) is 0 Å². The van der Waals surface area contributed by atoms with Crippen molar-refractivity contribution in [2.75, 3.05) is 19.6 Å². The average molecular weight is 204 g/mol. The SMILES string of the molecule is C=C(Cl)CN1CCC(C(C)O)CC1. The topological polar surface area (TPSA) is 23.5 Å². The minimum atomic E-state index is -0.165. The molecule has 3 heteroatoms. The first-order valence-electron chi connectivity index (χ1n) is 4.83. The molecule has 13 heavy (non-hydrogen) atoms. The second-order valence-electron chi connectivity index (χ2n) is 3.87. The molecule has 0 bridgehead atoms. The van der Waals surface area contributed by atoms with Gasteiger partial charge in [0, 0.05) is 11.6 Å². The van der Waals surface area contributed by atoms with Crippen LogP contribution in [0.5, 0.6) is 0 Å². The summed E-state index contributed by atoms with van der Waals surface area (Å²) >= 11 is 5.72. The standard InChI is InChI=1S/C10H18ClNO/c1-8(11)7-12-5-3-10(4-6-12)9(2)13/h9-10,13H,1,3-7H2,2H3. The van der Waals surface area contributed by atoms with Gasteiger partial charge >= 0.3 is 0 Å². The lowest BCUT2D eigenvalue weighted by atomic mass is 9.92. The van der Waals surface area contributed by atoms with Crippen molar-refractivity contribution < 1.29 is 5.11 Å². The maximum absolute atomic E-state index is 9.38. The molecule has 0 aliphatic carbocycles. The molecular formula is C10H18ClNO. The molecule has 1 aliphatic rings. The Morgan fingerprint density at radius 3 is 2.54 bits per heavy atom. The van der Waals surface area contributed by atoms with E-state index in [-0.39, 0.29) is 6.10 Å². The van der Waals surface area contributed by atoms with Crippen LogP contribution >= 0.6 is 11.6 Å². The Morgan fingerprint density at radius 1 is 1.62 bits per heavy atom. The average Bonchev–Trinajstić information content (AvgIpc) is 2.04. The van der Waals surface area contributed by atoms with E-state index in [0.717, 1.165) is 32.5 Å². The Hall–Kier alpha value is -0.0500. The number of hydrogen-bond donors (Lipinski definition) is 1. The van der Waals surface area contributed by atoms with Gasteiger partial charge in [0.05, 0.1) is 6.10 Å². The van der Waals surface area contributed by atoms with Gasteiger partial charge in [-0.15, -0.1) is 0 Å². The van der Waals surface area contributed by atoms with E-state index in [4.69, 9.17) is 11.6 Å². The van der Waals surface area contributed by atoms with Crippen LogP contribution in [0.25, 0.3) is 0 Å². The van der Waals surface area contributed by atoms with E-state index in [2.05, 4.69) is 11.5 Å². The molecule has 1 saturated heterocycles. The molecule has 0 aromatic rings. The summed E-state index contributed by atoms with van der Waals surface area (Å²) in [6.45, 7) is 8.40. The van der Waals surface area contributed by atoms with Crippen LogP contribution in [0.15, 0.2) is 11.6 Å². The minimum absolute atomic E-state index is 0.165. The van der Waals surface area contributed by atoms with Crippen LogP contribution < -0.4 is 0 Å². The molecule has 0 saturated carbocycles. The predicted octanol–water partition coefficient (Wildman–Crippen LogP) is 1.83. The van der Waals surface area contributed by atoms with E-state index < -0.39 is 0 Å². The van der Waals surface area contributed by atoms with Crippen molar-refractivity contribution in [3.05, 3.63) is 11.6 Å². The molecule has 2 nitrogen and oxygen atoms in total. The highest BCUT2D eigenvalue weighted by Gasteiger charge is 2.22. The molecule has 0 aromatic carbocycles. The second kappa shape index (κ2) is 4.99. The maximum atomic E-state index is 9.38. The summed E-state index contributed by atoms with van der Waals surface area (Å²) in [6.07, 6.45) is 1.98. The molecule has 1 fully saturated rings. The van der Waals surface area contributed by atoms with E-state index in [0.29, 0.717) is 11.0 Å². The number of likely N-dealkylation sites (tertiary alicyclic amines) is 1. The monoisotopic (exact) mass is 203 g/mol. The normalized spacial score (nSPS) is 23.0. The van der Waals surface area contributed by atoms with Crippen molar-refractivity contribution in [1.82, 2.24) is 4.90 Å². The van der Waals surface area contributed by atoms with Gasteiger partial charge in [-0.3, -0.25) is 4.90 Å². The number of nitrogens with zero attached hydrogens (tertiary/aromatic N) is 1. The van der Waals surface area contributed by atoms with Gasteiger partial charge in [0.1, 0.15) is 0 Å². The lowest BCUT2D eigenvalue weighted by Crippen LogP contribution is -2.37. The van der Waals surface area contributed by atoms with Crippen molar-refractivity contribution >= 4 is 11.6 Å². The highest BCUT2D eigenvalue weighted by atomic mass is 35.5. The third-order valence-corrected chi connectivity index (χ3v) is 2.83. The van der Waals surface area contributed by atoms with Crippen LogP contribution in [0, 0.1) is 5.92 Å². The van der Waals surface area contributed by atoms with Crippen molar-refractivity contribution in [3.8, 4) is 0 Å². The summed E-state index contributed by atoms with van der Waals surface area (Å²) in [7, 11) is 0. The summed E-state index contributed by atoms with van der Waals surface area (Å²) in [6, 6.07) is 0. The van der Waals surface area contributed by atoms with Gasteiger partial charge in [-0.05, 0) is 38.8 Å². The summed E-state index contributed by atoms with van der Waals surface area (Å²) in [5.41, 5.74) is 0. The van der Waals surface area contributed by atoms with E-state index in [1.807, 2.05) is 6.92 Å². The fourth-order valence-corrected chi connectivity index (χ4v) is 2.01. The number of halogens is 1. The largest absolute Gasteiger partial charge is 0.393 e. The molecule has 1 unspecified atom stereocenters. The van der Waals surface area contributed by atoms with Gasteiger partial charge in [0.15, 0.2) is 0 Å². The fraction of sp³-hybridized carbons (Fsp3) is 0.800. The van der Waals surface area contributed by atoms with Gasteiger partial charge in [-0.2, -0.15) is 0 Å². The Balaban J connectivity index is 2.26. The summed E-state index contributed by atoms with van der Waals surface area (Å²) in [5.74, 6) is 0.472. The highest BCUT2D eigenvalue weighted by molar-refractivity contribution is 6.29. The Morgan fingerprint density at radius 2 is 2.15 bits per heavy atom. The van der Waals surface area contributed by atoms with Crippen molar-refractivity contribution in [1.29, 1.82) is 0 Å². The Bertz CT molecular complexity index is 174. The zero-order valence-corrected chi connectivity index (χ0v) is 8.93. The zero-order chi connectivity index (χ0) is 9.84. The van der Waals surface area contributed by atoms with Crippen LogP contribution in [0.1, 0.15) is 19.8 Å². The molecule has 0 aromatic heterocycles. The van der Waals surface area contributed by atoms with Gasteiger partial charge < -0.3 is 5.11 Å². The molecule has 1 aliphatic heterocycles. The van der Waals surface area contributed by atoms with Crippen molar-refractivity contribution in [3.63, 3.8) is 0 Å². The number of aliphatic hydroxyl groups is 1. The first-order chi connectivity index (χ1) is 6.09. The third-order valence-electron chi connectivity index (χ3n) is 2.71. The number of rotatable bonds is 3. The van der Waals surface area contributed by atoms with Crippen molar-refractivity contribution in [2.45, 2.75) is 25.9 Å². The molecule has 1 atom stereocenters. The lowest BCUT2D eigenvalue weighted by molar-refractivity contribution is 0.0753.